The van der Waals surface area contributed by atoms with Gasteiger partial charge < -0.3 is 4.90 Å². The van der Waals surface area contributed by atoms with E-state index in [4.69, 9.17) is 0 Å². The first-order valence-electron chi connectivity index (χ1n) is 5.24. The molecule has 2 rings (SSSR count). The van der Waals surface area contributed by atoms with Gasteiger partial charge >= 0.3 is 0 Å². The van der Waals surface area contributed by atoms with E-state index in [9.17, 15) is 4.79 Å². The third kappa shape index (κ3) is 2.63. The van der Waals surface area contributed by atoms with Gasteiger partial charge in [0.15, 0.2) is 0 Å². The first kappa shape index (κ1) is 11.2. The van der Waals surface area contributed by atoms with Crippen molar-refractivity contribution in [3.05, 3.63) is 35.9 Å². The Kier molecular flexibility index (Phi) is 3.39. The minimum atomic E-state index is -0.257. The highest BCUT2D eigenvalue weighted by atomic mass is 16.2. The minimum Gasteiger partial charge on any atom is -0.330 e. The second kappa shape index (κ2) is 5.15. The summed E-state index contributed by atoms with van der Waals surface area (Å²) in [6, 6.07) is 5.59. The van der Waals surface area contributed by atoms with Gasteiger partial charge in [0, 0.05) is 12.7 Å². The lowest BCUT2D eigenvalue weighted by Gasteiger charge is -2.18. The molecule has 17 heavy (non-hydrogen) atoms. The van der Waals surface area contributed by atoms with Crippen LogP contribution in [-0.4, -0.2) is 43.0 Å². The summed E-state index contributed by atoms with van der Waals surface area (Å²) in [7, 11) is 0. The number of hydrogen-bond acceptors (Lipinski definition) is 5. The van der Waals surface area contributed by atoms with Crippen molar-refractivity contribution in [2.24, 2.45) is 0 Å². The van der Waals surface area contributed by atoms with Gasteiger partial charge in [-0.25, -0.2) is 0 Å². The molecule has 0 aliphatic carbocycles. The molecule has 0 atom stereocenters. The zero-order chi connectivity index (χ0) is 12.1. The molecule has 7 nitrogen and oxygen atoms in total. The van der Waals surface area contributed by atoms with Crippen LogP contribution in [0, 0.1) is 0 Å². The molecule has 0 fully saturated rings. The van der Waals surface area contributed by atoms with Crippen LogP contribution in [0.25, 0.3) is 0 Å². The average molecular weight is 232 g/mol. The summed E-state index contributed by atoms with van der Waals surface area (Å²) in [5.74, 6) is -0.185. The lowest BCUT2D eigenvalue weighted by molar-refractivity contribution is 0.0738. The number of tetrazole rings is 1. The number of carbonyl (C=O) groups is 1. The van der Waals surface area contributed by atoms with Crippen LogP contribution in [0.3, 0.4) is 0 Å². The molecule has 0 aliphatic rings. The van der Waals surface area contributed by atoms with E-state index in [0.717, 1.165) is 5.69 Å². The largest absolute Gasteiger partial charge is 0.330 e. The van der Waals surface area contributed by atoms with Crippen LogP contribution in [0.1, 0.15) is 23.2 Å². The summed E-state index contributed by atoms with van der Waals surface area (Å²) >= 11 is 0. The highest BCUT2D eigenvalue weighted by molar-refractivity contribution is 5.90. The summed E-state index contributed by atoms with van der Waals surface area (Å²) < 4.78 is 0. The molecule has 0 saturated heterocycles. The number of aromatic nitrogens is 5. The molecule has 0 bridgehead atoms. The molecule has 7 heteroatoms. The summed E-state index contributed by atoms with van der Waals surface area (Å²) in [5.41, 5.74) is 0.825. The van der Waals surface area contributed by atoms with E-state index in [2.05, 4.69) is 25.6 Å². The highest BCUT2D eigenvalue weighted by Crippen LogP contribution is 2.04. The van der Waals surface area contributed by atoms with E-state index < -0.39 is 0 Å². The quantitative estimate of drug-likeness (QED) is 0.816. The predicted octanol–water partition coefficient (Wildman–Crippen LogP) is 0.257. The smallest absolute Gasteiger partial charge is 0.295 e. The maximum absolute atomic E-state index is 12.0. The first-order chi connectivity index (χ1) is 8.31. The Morgan fingerprint density at radius 1 is 1.47 bits per heavy atom. The fraction of sp³-hybridized carbons (Fsp3) is 0.300. The monoisotopic (exact) mass is 232 g/mol. The lowest BCUT2D eigenvalue weighted by Crippen LogP contribution is -2.31. The number of carbonyl (C=O) groups excluding carboxylic acids is 1. The molecule has 0 spiro atoms. The zero-order valence-corrected chi connectivity index (χ0v) is 9.37. The van der Waals surface area contributed by atoms with Gasteiger partial charge in [-0.3, -0.25) is 9.78 Å². The molecule has 2 heterocycles. The number of H-pyrrole nitrogens is 1. The number of aromatic amines is 1. The Balaban J connectivity index is 2.10. The number of pyridine rings is 1. The number of rotatable bonds is 4. The molecule has 0 aliphatic heterocycles. The molecule has 1 N–H and O–H groups in total. The molecule has 1 amide bonds. The van der Waals surface area contributed by atoms with Crippen molar-refractivity contribution in [2.75, 3.05) is 6.54 Å². The van der Waals surface area contributed by atoms with Crippen molar-refractivity contribution in [1.82, 2.24) is 30.5 Å². The van der Waals surface area contributed by atoms with Gasteiger partial charge in [0.2, 0.25) is 0 Å². The fourth-order valence-electron chi connectivity index (χ4n) is 1.41. The van der Waals surface area contributed by atoms with Crippen LogP contribution in [0.5, 0.6) is 0 Å². The van der Waals surface area contributed by atoms with Crippen LogP contribution in [0.4, 0.5) is 0 Å². The van der Waals surface area contributed by atoms with Crippen molar-refractivity contribution in [2.45, 2.75) is 13.5 Å². The molecule has 88 valence electrons. The van der Waals surface area contributed by atoms with Crippen LogP contribution in [0.2, 0.25) is 0 Å². The van der Waals surface area contributed by atoms with Crippen molar-refractivity contribution in [3.63, 3.8) is 0 Å². The van der Waals surface area contributed by atoms with E-state index in [1.165, 1.54) is 0 Å². The maximum Gasteiger partial charge on any atom is 0.295 e. The second-order valence-electron chi connectivity index (χ2n) is 3.38. The summed E-state index contributed by atoms with van der Waals surface area (Å²) in [4.78, 5) is 17.7. The number of amides is 1. The Bertz CT molecular complexity index is 469. The number of hydrogen-bond donors (Lipinski definition) is 1. The molecule has 0 unspecified atom stereocenters. The second-order valence-corrected chi connectivity index (χ2v) is 3.38. The van der Waals surface area contributed by atoms with Gasteiger partial charge in [-0.2, -0.15) is 5.21 Å². The first-order valence-corrected chi connectivity index (χ1v) is 5.24. The Hall–Kier alpha value is -2.31. The van der Waals surface area contributed by atoms with Gasteiger partial charge in [0.05, 0.1) is 12.2 Å². The van der Waals surface area contributed by atoms with Gasteiger partial charge in [-0.05, 0) is 24.3 Å². The average Bonchev–Trinajstić information content (AvgIpc) is 2.90. The van der Waals surface area contributed by atoms with E-state index in [1.807, 2.05) is 25.1 Å². The van der Waals surface area contributed by atoms with Crippen LogP contribution >= 0.6 is 0 Å². The third-order valence-electron chi connectivity index (χ3n) is 2.28. The number of nitrogens with one attached hydrogen (secondary N) is 1. The van der Waals surface area contributed by atoms with Crippen LogP contribution in [-0.2, 0) is 6.54 Å². The van der Waals surface area contributed by atoms with E-state index in [-0.39, 0.29) is 11.7 Å². The molecule has 0 radical (unpaired) electrons. The topological polar surface area (TPSA) is 87.7 Å². The van der Waals surface area contributed by atoms with Crippen LogP contribution < -0.4 is 0 Å². The zero-order valence-electron chi connectivity index (χ0n) is 9.37. The van der Waals surface area contributed by atoms with E-state index in [0.29, 0.717) is 13.1 Å². The Morgan fingerprint density at radius 3 is 2.94 bits per heavy atom. The molecule has 2 aromatic rings. The van der Waals surface area contributed by atoms with E-state index >= 15 is 0 Å². The van der Waals surface area contributed by atoms with Gasteiger partial charge in [0.25, 0.3) is 11.7 Å². The van der Waals surface area contributed by atoms with Crippen LogP contribution in [0.15, 0.2) is 24.4 Å². The van der Waals surface area contributed by atoms with Gasteiger partial charge in [-0.15, -0.1) is 10.2 Å². The summed E-state index contributed by atoms with van der Waals surface area (Å²) in [5, 5.41) is 13.0. The predicted molar refractivity (Wildman–Crippen MR) is 58.8 cm³/mol. The fourth-order valence-corrected chi connectivity index (χ4v) is 1.41. The number of nitrogens with zero attached hydrogens (tertiary/aromatic N) is 5. The molecular weight excluding hydrogens is 220 g/mol. The SMILES string of the molecule is CCN(Cc1ccccn1)C(=O)c1nn[nH]n1. The molecule has 0 aromatic carbocycles. The normalized spacial score (nSPS) is 10.2. The summed E-state index contributed by atoms with van der Waals surface area (Å²) in [6.07, 6.45) is 1.70. The van der Waals surface area contributed by atoms with E-state index in [1.54, 1.807) is 11.1 Å². The van der Waals surface area contributed by atoms with Gasteiger partial charge in [-0.1, -0.05) is 6.07 Å². The van der Waals surface area contributed by atoms with Crippen molar-refractivity contribution in [1.29, 1.82) is 0 Å². The lowest BCUT2D eigenvalue weighted by atomic mass is 10.3. The minimum absolute atomic E-state index is 0.0720. The third-order valence-corrected chi connectivity index (χ3v) is 2.28. The maximum atomic E-state index is 12.0. The Labute approximate surface area is 97.9 Å². The van der Waals surface area contributed by atoms with Crippen molar-refractivity contribution >= 4 is 5.91 Å². The summed E-state index contributed by atoms with van der Waals surface area (Å²) in [6.45, 7) is 2.88. The molecule has 2 aromatic heterocycles. The standard InChI is InChI=1S/C10H12N6O/c1-2-16(7-8-5-3-4-6-11-8)10(17)9-12-14-15-13-9/h3-6H,2,7H2,1H3,(H,12,13,14,15). The Morgan fingerprint density at radius 2 is 2.35 bits per heavy atom. The molecule has 0 saturated carbocycles. The van der Waals surface area contributed by atoms with Crippen molar-refractivity contribution < 1.29 is 4.79 Å². The molecular formula is C10H12N6O. The van der Waals surface area contributed by atoms with Crippen molar-refractivity contribution in [3.8, 4) is 0 Å². The van der Waals surface area contributed by atoms with Gasteiger partial charge in [0.1, 0.15) is 0 Å². The highest BCUT2D eigenvalue weighted by Gasteiger charge is 2.18.